The third-order valence-corrected chi connectivity index (χ3v) is 7.98. The highest BCUT2D eigenvalue weighted by Crippen LogP contribution is 2.33. The Morgan fingerprint density at radius 1 is 1.12 bits per heavy atom. The molecular weight excluding hydrogens is 460 g/mol. The van der Waals surface area contributed by atoms with Crippen molar-refractivity contribution in [2.45, 2.75) is 36.8 Å². The molecule has 3 aromatic rings. The van der Waals surface area contributed by atoms with Gasteiger partial charge in [0.2, 0.25) is 0 Å². The molecule has 174 valence electrons. The molecule has 4 rings (SSSR count). The Bertz CT molecular complexity index is 1230. The van der Waals surface area contributed by atoms with Gasteiger partial charge in [0, 0.05) is 24.2 Å². The molecule has 1 aliphatic rings. The van der Waals surface area contributed by atoms with Crippen molar-refractivity contribution in [1.29, 1.82) is 0 Å². The van der Waals surface area contributed by atoms with Gasteiger partial charge in [-0.3, -0.25) is 4.31 Å². The van der Waals surface area contributed by atoms with Crippen LogP contribution in [-0.2, 0) is 16.4 Å². The highest BCUT2D eigenvalue weighted by molar-refractivity contribution is 7.92. The largest absolute Gasteiger partial charge is 0.508 e. The van der Waals surface area contributed by atoms with Crippen molar-refractivity contribution < 1.29 is 18.6 Å². The fraction of sp³-hybridized carbons (Fsp3) is 0.280. The Hall–Kier alpha value is -2.58. The predicted octanol–water partition coefficient (Wildman–Crippen LogP) is 4.19. The Kier molecular flexibility index (Phi) is 6.95. The van der Waals surface area contributed by atoms with Crippen LogP contribution in [0.4, 0.5) is 5.69 Å². The molecule has 1 heterocycles. The summed E-state index contributed by atoms with van der Waals surface area (Å²) < 4.78 is 28.4. The summed E-state index contributed by atoms with van der Waals surface area (Å²) in [6.45, 7) is 2.48. The molecule has 0 amide bonds. The van der Waals surface area contributed by atoms with Crippen molar-refractivity contribution in [3.05, 3.63) is 88.4 Å². The summed E-state index contributed by atoms with van der Waals surface area (Å²) in [6, 6.07) is 18.6. The predicted molar refractivity (Wildman–Crippen MR) is 130 cm³/mol. The number of fused-ring (bicyclic) bond motifs is 1. The van der Waals surface area contributed by atoms with Crippen LogP contribution in [0.2, 0.25) is 5.02 Å². The summed E-state index contributed by atoms with van der Waals surface area (Å²) in [7, 11) is -3.77. The lowest BCUT2D eigenvalue weighted by Gasteiger charge is -2.25. The molecular formula is C25H27ClN2O4S. The Morgan fingerprint density at radius 3 is 2.61 bits per heavy atom. The molecule has 0 saturated carbocycles. The van der Waals surface area contributed by atoms with E-state index in [2.05, 4.69) is 5.32 Å². The lowest BCUT2D eigenvalue weighted by atomic mass is 10.0. The highest BCUT2D eigenvalue weighted by atomic mass is 35.5. The van der Waals surface area contributed by atoms with Crippen molar-refractivity contribution in [2.24, 2.45) is 0 Å². The summed E-state index contributed by atoms with van der Waals surface area (Å²) in [5.41, 5.74) is 2.99. The fourth-order valence-electron chi connectivity index (χ4n) is 4.11. The third-order valence-electron chi connectivity index (χ3n) is 5.92. The number of anilines is 1. The van der Waals surface area contributed by atoms with Crippen LogP contribution in [0, 0.1) is 6.92 Å². The maximum absolute atomic E-state index is 13.5. The number of hydrogen-bond acceptors (Lipinski definition) is 5. The maximum Gasteiger partial charge on any atom is 0.264 e. The summed E-state index contributed by atoms with van der Waals surface area (Å²) >= 11 is 6.03. The minimum Gasteiger partial charge on any atom is -0.508 e. The van der Waals surface area contributed by atoms with E-state index in [1.807, 2.05) is 13.0 Å². The molecule has 1 unspecified atom stereocenters. The van der Waals surface area contributed by atoms with Crippen molar-refractivity contribution >= 4 is 27.3 Å². The number of phenolic OH excluding ortho intramolecular Hbond substituents is 1. The van der Waals surface area contributed by atoms with Gasteiger partial charge >= 0.3 is 0 Å². The molecule has 0 spiro atoms. The van der Waals surface area contributed by atoms with Crippen LogP contribution in [0.25, 0.3) is 0 Å². The number of aromatic hydroxyl groups is 1. The molecule has 3 N–H and O–H groups in total. The molecule has 3 aromatic carbocycles. The molecule has 0 aliphatic carbocycles. The molecule has 0 saturated heterocycles. The van der Waals surface area contributed by atoms with Crippen LogP contribution in [0.15, 0.2) is 71.6 Å². The van der Waals surface area contributed by atoms with E-state index in [4.69, 9.17) is 11.6 Å². The van der Waals surface area contributed by atoms with Crippen LogP contribution in [0.5, 0.6) is 5.75 Å². The van der Waals surface area contributed by atoms with E-state index >= 15 is 0 Å². The van der Waals surface area contributed by atoms with Gasteiger partial charge in [0.15, 0.2) is 0 Å². The third kappa shape index (κ3) is 5.33. The van der Waals surface area contributed by atoms with Crippen LogP contribution in [0.1, 0.15) is 29.2 Å². The van der Waals surface area contributed by atoms with Gasteiger partial charge in [0.1, 0.15) is 5.75 Å². The fourth-order valence-corrected chi connectivity index (χ4v) is 5.83. The van der Waals surface area contributed by atoms with Crippen LogP contribution >= 0.6 is 11.6 Å². The van der Waals surface area contributed by atoms with Gasteiger partial charge in [-0.25, -0.2) is 8.42 Å². The van der Waals surface area contributed by atoms with Crippen LogP contribution < -0.4 is 9.62 Å². The smallest absolute Gasteiger partial charge is 0.264 e. The zero-order valence-electron chi connectivity index (χ0n) is 18.3. The molecule has 0 fully saturated rings. The van der Waals surface area contributed by atoms with Gasteiger partial charge in [-0.15, -0.1) is 0 Å². The molecule has 0 aromatic heterocycles. The Labute approximate surface area is 199 Å². The zero-order valence-corrected chi connectivity index (χ0v) is 19.9. The number of aliphatic hydroxyl groups is 1. The second kappa shape index (κ2) is 9.73. The van der Waals surface area contributed by atoms with Crippen LogP contribution in [0.3, 0.4) is 0 Å². The monoisotopic (exact) mass is 486 g/mol. The average molecular weight is 487 g/mol. The topological polar surface area (TPSA) is 89.9 Å². The van der Waals surface area contributed by atoms with E-state index in [-0.39, 0.29) is 23.2 Å². The first-order valence-corrected chi connectivity index (χ1v) is 12.6. The minimum absolute atomic E-state index is 0.0843. The van der Waals surface area contributed by atoms with Gasteiger partial charge in [-0.2, -0.15) is 0 Å². The summed E-state index contributed by atoms with van der Waals surface area (Å²) in [4.78, 5) is 0.231. The van der Waals surface area contributed by atoms with E-state index < -0.39 is 16.1 Å². The average Bonchev–Trinajstić information content (AvgIpc) is 2.97. The van der Waals surface area contributed by atoms with Gasteiger partial charge in [-0.1, -0.05) is 41.4 Å². The van der Waals surface area contributed by atoms with Gasteiger partial charge in [0.25, 0.3) is 10.0 Å². The highest BCUT2D eigenvalue weighted by Gasteiger charge is 2.31. The standard InChI is InChI=1S/C25H27ClN2O4S/c1-17-5-8-23(9-6-17)33(31,32)28-12-11-21(14-19-15-22(29)7-10-24(19)28)27-16-25(30)18-3-2-4-20(26)13-18/h2-10,13,15,21,25,27,29-30H,11-12,14,16H2,1H3/t21?,25-/m0/s1. The number of nitrogens with zero attached hydrogens (tertiary/aromatic N) is 1. The SMILES string of the molecule is Cc1ccc(S(=O)(=O)N2CCC(NC[C@H](O)c3cccc(Cl)c3)Cc3cc(O)ccc32)cc1. The lowest BCUT2D eigenvalue weighted by Crippen LogP contribution is -2.37. The molecule has 0 bridgehead atoms. The lowest BCUT2D eigenvalue weighted by molar-refractivity contribution is 0.169. The first kappa shape index (κ1) is 23.6. The number of benzene rings is 3. The van der Waals surface area contributed by atoms with Gasteiger partial charge in [-0.05, 0) is 73.4 Å². The first-order valence-electron chi connectivity index (χ1n) is 10.8. The van der Waals surface area contributed by atoms with Crippen LogP contribution in [-0.4, -0.2) is 37.8 Å². The Balaban J connectivity index is 1.57. The van der Waals surface area contributed by atoms with E-state index in [9.17, 15) is 18.6 Å². The summed E-state index contributed by atoms with van der Waals surface area (Å²) in [6.07, 6.45) is 0.317. The van der Waals surface area contributed by atoms with Crippen molar-refractivity contribution in [3.8, 4) is 5.75 Å². The molecule has 6 nitrogen and oxygen atoms in total. The van der Waals surface area contributed by atoms with Gasteiger partial charge in [0.05, 0.1) is 16.7 Å². The quantitative estimate of drug-likeness (QED) is 0.486. The van der Waals surface area contributed by atoms with Crippen molar-refractivity contribution in [2.75, 3.05) is 17.4 Å². The number of rotatable bonds is 6. The second-order valence-electron chi connectivity index (χ2n) is 8.37. The normalized spacial score (nSPS) is 17.3. The summed E-state index contributed by atoms with van der Waals surface area (Å²) in [5.74, 6) is 0.0843. The molecule has 0 radical (unpaired) electrons. The second-order valence-corrected chi connectivity index (χ2v) is 10.7. The number of phenols is 1. The summed E-state index contributed by atoms with van der Waals surface area (Å²) in [5, 5.41) is 24.5. The van der Waals surface area contributed by atoms with Crippen molar-refractivity contribution in [3.63, 3.8) is 0 Å². The number of aliphatic hydroxyl groups excluding tert-OH is 1. The number of hydrogen-bond donors (Lipinski definition) is 3. The maximum atomic E-state index is 13.5. The van der Waals surface area contributed by atoms with Gasteiger partial charge < -0.3 is 15.5 Å². The Morgan fingerprint density at radius 2 is 1.88 bits per heavy atom. The van der Waals surface area contributed by atoms with E-state index in [0.717, 1.165) is 11.1 Å². The molecule has 33 heavy (non-hydrogen) atoms. The molecule has 8 heteroatoms. The van der Waals surface area contributed by atoms with Crippen molar-refractivity contribution in [1.82, 2.24) is 5.32 Å². The number of halogens is 1. The van der Waals surface area contributed by atoms with E-state index in [1.165, 1.54) is 10.4 Å². The number of aryl methyl sites for hydroxylation is 1. The minimum atomic E-state index is -3.77. The van der Waals surface area contributed by atoms with E-state index in [1.54, 1.807) is 54.6 Å². The molecule has 1 aliphatic heterocycles. The number of sulfonamides is 1. The molecule has 2 atom stereocenters. The number of nitrogens with one attached hydrogen (secondary N) is 1. The van der Waals surface area contributed by atoms with E-state index in [0.29, 0.717) is 35.7 Å². The zero-order chi connectivity index (χ0) is 23.6. The first-order chi connectivity index (χ1) is 15.7.